The van der Waals surface area contributed by atoms with Crippen LogP contribution in [0.3, 0.4) is 0 Å². The van der Waals surface area contributed by atoms with Gasteiger partial charge < -0.3 is 9.47 Å². The molecular formula is C22H13Cl2NO5. The Balaban J connectivity index is 1.54. The van der Waals surface area contributed by atoms with Gasteiger partial charge in [0.05, 0.1) is 10.5 Å². The molecule has 1 aliphatic heterocycles. The summed E-state index contributed by atoms with van der Waals surface area (Å²) in [4.78, 5) is 23.0. The molecule has 0 aromatic heterocycles. The zero-order chi connectivity index (χ0) is 21.3. The fraction of sp³-hybridized carbons (Fsp3) is 0.0455. The van der Waals surface area contributed by atoms with Crippen molar-refractivity contribution in [3.05, 3.63) is 103 Å². The van der Waals surface area contributed by atoms with Gasteiger partial charge in [-0.25, -0.2) is 0 Å². The number of benzene rings is 3. The second-order valence-corrected chi connectivity index (χ2v) is 7.25. The Morgan fingerprint density at radius 3 is 2.50 bits per heavy atom. The number of rotatable bonds is 5. The smallest absolute Gasteiger partial charge is 0.270 e. The molecule has 0 fully saturated rings. The number of ketones is 1. The largest absolute Gasteiger partial charge is 0.489 e. The van der Waals surface area contributed by atoms with Crippen molar-refractivity contribution >= 4 is 40.7 Å². The molecule has 3 aromatic rings. The normalized spacial score (nSPS) is 13.8. The lowest BCUT2D eigenvalue weighted by molar-refractivity contribution is -0.384. The topological polar surface area (TPSA) is 78.7 Å². The molecule has 8 heteroatoms. The number of fused-ring (bicyclic) bond motifs is 1. The van der Waals surface area contributed by atoms with Crippen LogP contribution in [-0.4, -0.2) is 10.7 Å². The number of carbonyl (C=O) groups excluding carboxylic acids is 1. The van der Waals surface area contributed by atoms with E-state index in [0.29, 0.717) is 38.2 Å². The summed E-state index contributed by atoms with van der Waals surface area (Å²) in [5, 5.41) is 11.9. The van der Waals surface area contributed by atoms with Crippen molar-refractivity contribution in [2.24, 2.45) is 0 Å². The Hall–Kier alpha value is -3.35. The van der Waals surface area contributed by atoms with Gasteiger partial charge in [0.2, 0.25) is 5.78 Å². The lowest BCUT2D eigenvalue weighted by Crippen LogP contribution is -1.98. The minimum Gasteiger partial charge on any atom is -0.489 e. The van der Waals surface area contributed by atoms with Crippen molar-refractivity contribution in [2.75, 3.05) is 0 Å². The molecule has 0 saturated carbocycles. The van der Waals surface area contributed by atoms with E-state index in [4.69, 9.17) is 32.7 Å². The van der Waals surface area contributed by atoms with Gasteiger partial charge in [0.15, 0.2) is 5.76 Å². The van der Waals surface area contributed by atoms with Crippen LogP contribution in [-0.2, 0) is 6.61 Å². The first kappa shape index (κ1) is 19.9. The Labute approximate surface area is 181 Å². The summed E-state index contributed by atoms with van der Waals surface area (Å²) < 4.78 is 11.4. The average Bonchev–Trinajstić information content (AvgIpc) is 3.02. The van der Waals surface area contributed by atoms with Crippen LogP contribution in [0.1, 0.15) is 21.5 Å². The number of halogens is 2. The van der Waals surface area contributed by atoms with Crippen LogP contribution in [0.25, 0.3) is 6.08 Å². The molecule has 0 N–H and O–H groups in total. The number of nitro groups is 1. The maximum absolute atomic E-state index is 12.6. The summed E-state index contributed by atoms with van der Waals surface area (Å²) in [7, 11) is 0. The molecule has 0 spiro atoms. The zero-order valence-electron chi connectivity index (χ0n) is 15.3. The van der Waals surface area contributed by atoms with Crippen molar-refractivity contribution < 1.29 is 19.2 Å². The van der Waals surface area contributed by atoms with Gasteiger partial charge in [-0.3, -0.25) is 14.9 Å². The van der Waals surface area contributed by atoms with Crippen molar-refractivity contribution in [3.63, 3.8) is 0 Å². The third-order valence-electron chi connectivity index (χ3n) is 4.47. The average molecular weight is 442 g/mol. The Kier molecular flexibility index (Phi) is 5.44. The van der Waals surface area contributed by atoms with Gasteiger partial charge in [-0.15, -0.1) is 0 Å². The predicted octanol–water partition coefficient (Wildman–Crippen LogP) is 6.10. The summed E-state index contributed by atoms with van der Waals surface area (Å²) in [5.74, 6) is 0.600. The number of ether oxygens (including phenoxy) is 2. The Morgan fingerprint density at radius 1 is 1.03 bits per heavy atom. The highest BCUT2D eigenvalue weighted by Gasteiger charge is 2.28. The number of hydrogen-bond donors (Lipinski definition) is 0. The van der Waals surface area contributed by atoms with Gasteiger partial charge in [-0.2, -0.15) is 0 Å². The number of allylic oxidation sites excluding steroid dienone is 1. The highest BCUT2D eigenvalue weighted by atomic mass is 35.5. The fourth-order valence-electron chi connectivity index (χ4n) is 2.96. The van der Waals surface area contributed by atoms with Gasteiger partial charge in [0, 0.05) is 33.8 Å². The maximum Gasteiger partial charge on any atom is 0.270 e. The number of carbonyl (C=O) groups is 1. The lowest BCUT2D eigenvalue weighted by atomic mass is 10.1. The van der Waals surface area contributed by atoms with E-state index in [2.05, 4.69) is 0 Å². The molecule has 30 heavy (non-hydrogen) atoms. The first-order valence-corrected chi connectivity index (χ1v) is 9.56. The van der Waals surface area contributed by atoms with Gasteiger partial charge in [0.25, 0.3) is 5.69 Å². The third kappa shape index (κ3) is 4.01. The fourth-order valence-corrected chi connectivity index (χ4v) is 3.47. The van der Waals surface area contributed by atoms with E-state index in [1.54, 1.807) is 48.5 Å². The van der Waals surface area contributed by atoms with Gasteiger partial charge in [-0.05, 0) is 35.9 Å². The summed E-state index contributed by atoms with van der Waals surface area (Å²) >= 11 is 12.3. The Bertz CT molecular complexity index is 1190. The quantitative estimate of drug-likeness (QED) is 0.271. The lowest BCUT2D eigenvalue weighted by Gasteiger charge is -2.10. The molecule has 0 atom stereocenters. The minimum atomic E-state index is -0.497. The van der Waals surface area contributed by atoms with Crippen LogP contribution < -0.4 is 9.47 Å². The van der Waals surface area contributed by atoms with Crippen molar-refractivity contribution in [2.45, 2.75) is 6.61 Å². The van der Waals surface area contributed by atoms with Crippen LogP contribution in [0.15, 0.2) is 66.4 Å². The van der Waals surface area contributed by atoms with E-state index in [0.717, 1.165) is 0 Å². The predicted molar refractivity (Wildman–Crippen MR) is 113 cm³/mol. The van der Waals surface area contributed by atoms with Crippen molar-refractivity contribution in [3.8, 4) is 11.5 Å². The minimum absolute atomic E-state index is 0.0683. The monoisotopic (exact) mass is 441 g/mol. The molecule has 6 nitrogen and oxygen atoms in total. The molecule has 0 saturated heterocycles. The van der Waals surface area contributed by atoms with E-state index in [1.807, 2.05) is 0 Å². The number of nitro benzene ring substituents is 1. The van der Waals surface area contributed by atoms with E-state index in [-0.39, 0.29) is 23.8 Å². The third-order valence-corrected chi connectivity index (χ3v) is 5.17. The first-order chi connectivity index (χ1) is 14.4. The molecule has 0 amide bonds. The van der Waals surface area contributed by atoms with Gasteiger partial charge in [0.1, 0.15) is 18.1 Å². The summed E-state index contributed by atoms with van der Waals surface area (Å²) in [6.07, 6.45) is 1.47. The SMILES string of the molecule is O=C1C(=Cc2cccc([N+](=O)[O-])c2)Oc2cc(OCc3c(Cl)cccc3Cl)ccc21. The van der Waals surface area contributed by atoms with Crippen LogP contribution in [0, 0.1) is 10.1 Å². The zero-order valence-corrected chi connectivity index (χ0v) is 16.8. The number of hydrogen-bond acceptors (Lipinski definition) is 5. The molecule has 150 valence electrons. The number of nitrogens with zero attached hydrogens (tertiary/aromatic N) is 1. The van der Waals surface area contributed by atoms with Crippen LogP contribution in [0.5, 0.6) is 11.5 Å². The molecule has 0 radical (unpaired) electrons. The first-order valence-electron chi connectivity index (χ1n) is 8.81. The summed E-state index contributed by atoms with van der Waals surface area (Å²) in [6.45, 7) is 0.154. The molecule has 4 rings (SSSR count). The van der Waals surface area contributed by atoms with E-state index in [9.17, 15) is 14.9 Å². The number of Topliss-reactive ketones (excluding diaryl/α,β-unsaturated/α-hetero) is 1. The van der Waals surface area contributed by atoms with Gasteiger partial charge in [-0.1, -0.05) is 41.4 Å². The van der Waals surface area contributed by atoms with Crippen LogP contribution in [0.2, 0.25) is 10.0 Å². The highest BCUT2D eigenvalue weighted by Crippen LogP contribution is 2.36. The van der Waals surface area contributed by atoms with E-state index < -0.39 is 4.92 Å². The highest BCUT2D eigenvalue weighted by molar-refractivity contribution is 6.35. The second kappa shape index (κ2) is 8.18. The second-order valence-electron chi connectivity index (χ2n) is 6.44. The molecule has 0 unspecified atom stereocenters. The summed E-state index contributed by atoms with van der Waals surface area (Å²) in [5.41, 5.74) is 1.46. The molecule has 0 aliphatic carbocycles. The number of non-ortho nitro benzene ring substituents is 1. The van der Waals surface area contributed by atoms with E-state index >= 15 is 0 Å². The van der Waals surface area contributed by atoms with Gasteiger partial charge >= 0.3 is 0 Å². The standard InChI is InChI=1S/C22H13Cl2NO5/c23-18-5-2-6-19(24)17(18)12-29-15-7-8-16-20(11-15)30-21(22(16)26)10-13-3-1-4-14(9-13)25(27)28/h1-11H,12H2. The molecular weight excluding hydrogens is 429 g/mol. The Morgan fingerprint density at radius 2 is 1.77 bits per heavy atom. The van der Waals surface area contributed by atoms with E-state index in [1.165, 1.54) is 18.2 Å². The molecule has 0 bridgehead atoms. The van der Waals surface area contributed by atoms with Crippen LogP contribution >= 0.6 is 23.2 Å². The molecule has 1 heterocycles. The molecule has 3 aromatic carbocycles. The van der Waals surface area contributed by atoms with Crippen molar-refractivity contribution in [1.29, 1.82) is 0 Å². The molecule has 1 aliphatic rings. The van der Waals surface area contributed by atoms with Crippen molar-refractivity contribution in [1.82, 2.24) is 0 Å². The summed E-state index contributed by atoms with van der Waals surface area (Å²) in [6, 6.07) is 16.0. The van der Waals surface area contributed by atoms with Crippen LogP contribution in [0.4, 0.5) is 5.69 Å². The maximum atomic E-state index is 12.6.